The van der Waals surface area contributed by atoms with Gasteiger partial charge in [-0.15, -0.1) is 0 Å². The first-order valence-electron chi connectivity index (χ1n) is 6.90. The number of para-hydroxylation sites is 2. The number of halogens is 1. The lowest BCUT2D eigenvalue weighted by molar-refractivity contribution is 0.194. The summed E-state index contributed by atoms with van der Waals surface area (Å²) in [6, 6.07) is 10.1. The molecule has 0 unspecified atom stereocenters. The Morgan fingerprint density at radius 3 is 2.43 bits per heavy atom. The molecule has 0 spiro atoms. The van der Waals surface area contributed by atoms with Crippen molar-refractivity contribution < 1.29 is 19.0 Å². The van der Waals surface area contributed by atoms with Gasteiger partial charge in [-0.05, 0) is 50.6 Å². The molecule has 0 saturated heterocycles. The van der Waals surface area contributed by atoms with Crippen molar-refractivity contribution in [1.29, 1.82) is 0 Å². The number of hydrogen-bond donors (Lipinski definition) is 1. The number of aliphatic hydroxyl groups is 1. The molecule has 0 aromatic heterocycles. The van der Waals surface area contributed by atoms with Crippen LogP contribution >= 0.6 is 0 Å². The minimum absolute atomic E-state index is 0.364. The van der Waals surface area contributed by atoms with Crippen molar-refractivity contribution in [1.82, 2.24) is 0 Å². The van der Waals surface area contributed by atoms with Crippen LogP contribution in [-0.4, -0.2) is 11.7 Å². The van der Waals surface area contributed by atoms with Gasteiger partial charge in [-0.25, -0.2) is 4.39 Å². The van der Waals surface area contributed by atoms with E-state index in [9.17, 15) is 9.50 Å². The number of benzene rings is 2. The molecule has 4 heteroatoms. The Kier molecular flexibility index (Phi) is 4.81. The summed E-state index contributed by atoms with van der Waals surface area (Å²) in [6.07, 6.45) is -0.825. The first kappa shape index (κ1) is 15.3. The van der Waals surface area contributed by atoms with Crippen LogP contribution in [0.5, 0.6) is 17.2 Å². The molecule has 2 aromatic rings. The SMILES string of the molecule is CCOc1ccccc1Oc1cc(C)c(F)cc1[C@H](C)O. The molecule has 0 aliphatic carbocycles. The summed E-state index contributed by atoms with van der Waals surface area (Å²) in [4.78, 5) is 0. The normalized spacial score (nSPS) is 12.0. The van der Waals surface area contributed by atoms with Crippen LogP contribution in [0.2, 0.25) is 0 Å². The quantitative estimate of drug-likeness (QED) is 0.888. The van der Waals surface area contributed by atoms with Crippen LogP contribution in [0.4, 0.5) is 4.39 Å². The minimum atomic E-state index is -0.825. The molecule has 0 heterocycles. The molecule has 0 aliphatic rings. The fourth-order valence-electron chi connectivity index (χ4n) is 2.01. The molecular weight excluding hydrogens is 271 g/mol. The predicted octanol–water partition coefficient (Wildman–Crippen LogP) is 4.38. The van der Waals surface area contributed by atoms with Gasteiger partial charge < -0.3 is 14.6 Å². The zero-order valence-electron chi connectivity index (χ0n) is 12.4. The van der Waals surface area contributed by atoms with Crippen molar-refractivity contribution in [3.05, 3.63) is 53.3 Å². The van der Waals surface area contributed by atoms with Crippen molar-refractivity contribution >= 4 is 0 Å². The fraction of sp³-hybridized carbons (Fsp3) is 0.294. The summed E-state index contributed by atoms with van der Waals surface area (Å²) in [5.74, 6) is 1.21. The van der Waals surface area contributed by atoms with Crippen LogP contribution in [0.15, 0.2) is 36.4 Å². The van der Waals surface area contributed by atoms with Gasteiger partial charge in [0.2, 0.25) is 0 Å². The molecule has 0 bridgehead atoms. The van der Waals surface area contributed by atoms with Crippen LogP contribution in [0.1, 0.15) is 31.1 Å². The van der Waals surface area contributed by atoms with Gasteiger partial charge in [0, 0.05) is 5.56 Å². The Labute approximate surface area is 124 Å². The maximum atomic E-state index is 13.7. The molecule has 3 nitrogen and oxygen atoms in total. The van der Waals surface area contributed by atoms with E-state index in [1.165, 1.54) is 6.07 Å². The van der Waals surface area contributed by atoms with Gasteiger partial charge in [-0.1, -0.05) is 12.1 Å². The monoisotopic (exact) mass is 290 g/mol. The Morgan fingerprint density at radius 2 is 1.81 bits per heavy atom. The standard InChI is InChI=1S/C17H19FO3/c1-4-20-15-7-5-6-8-16(15)21-17-9-11(2)14(18)10-13(17)12(3)19/h5-10,12,19H,4H2,1-3H3/t12-/m0/s1. The Hall–Kier alpha value is -2.07. The molecular formula is C17H19FO3. The van der Waals surface area contributed by atoms with E-state index in [1.54, 1.807) is 32.0 Å². The van der Waals surface area contributed by atoms with Crippen LogP contribution < -0.4 is 9.47 Å². The van der Waals surface area contributed by atoms with E-state index in [4.69, 9.17) is 9.47 Å². The second kappa shape index (κ2) is 6.59. The molecule has 2 aromatic carbocycles. The third kappa shape index (κ3) is 3.52. The summed E-state index contributed by atoms with van der Waals surface area (Å²) in [5.41, 5.74) is 0.868. The Balaban J connectivity index is 2.41. The van der Waals surface area contributed by atoms with E-state index < -0.39 is 6.10 Å². The lowest BCUT2D eigenvalue weighted by Gasteiger charge is -2.16. The zero-order chi connectivity index (χ0) is 15.4. The number of aliphatic hydroxyl groups excluding tert-OH is 1. The van der Waals surface area contributed by atoms with Gasteiger partial charge in [-0.3, -0.25) is 0 Å². The van der Waals surface area contributed by atoms with Crippen LogP contribution in [0, 0.1) is 12.7 Å². The topological polar surface area (TPSA) is 38.7 Å². The lowest BCUT2D eigenvalue weighted by Crippen LogP contribution is -2.00. The smallest absolute Gasteiger partial charge is 0.169 e. The molecule has 0 radical (unpaired) electrons. The van der Waals surface area contributed by atoms with Crippen molar-refractivity contribution in [2.45, 2.75) is 26.9 Å². The van der Waals surface area contributed by atoms with Crippen molar-refractivity contribution in [3.63, 3.8) is 0 Å². The maximum Gasteiger partial charge on any atom is 0.169 e. The van der Waals surface area contributed by atoms with E-state index in [0.29, 0.717) is 35.0 Å². The highest BCUT2D eigenvalue weighted by atomic mass is 19.1. The van der Waals surface area contributed by atoms with Gasteiger partial charge >= 0.3 is 0 Å². The van der Waals surface area contributed by atoms with Crippen LogP contribution in [0.3, 0.4) is 0 Å². The van der Waals surface area contributed by atoms with Gasteiger partial charge in [0.25, 0.3) is 0 Å². The third-order valence-electron chi connectivity index (χ3n) is 3.11. The summed E-state index contributed by atoms with van der Waals surface area (Å²) in [7, 11) is 0. The molecule has 2 rings (SSSR count). The molecule has 21 heavy (non-hydrogen) atoms. The van der Waals surface area contributed by atoms with Gasteiger partial charge in [0.15, 0.2) is 11.5 Å². The van der Waals surface area contributed by atoms with Crippen LogP contribution in [0.25, 0.3) is 0 Å². The predicted molar refractivity (Wildman–Crippen MR) is 79.5 cm³/mol. The summed E-state index contributed by atoms with van der Waals surface area (Å²) in [6.45, 7) is 5.64. The molecule has 0 aliphatic heterocycles. The summed E-state index contributed by atoms with van der Waals surface area (Å²) < 4.78 is 25.0. The molecule has 1 atom stereocenters. The van der Waals surface area contributed by atoms with E-state index in [-0.39, 0.29) is 5.82 Å². The molecule has 112 valence electrons. The zero-order valence-corrected chi connectivity index (χ0v) is 12.4. The maximum absolute atomic E-state index is 13.7. The molecule has 1 N–H and O–H groups in total. The third-order valence-corrected chi connectivity index (χ3v) is 3.11. The number of ether oxygens (including phenoxy) is 2. The van der Waals surface area contributed by atoms with E-state index >= 15 is 0 Å². The lowest BCUT2D eigenvalue weighted by atomic mass is 10.1. The number of hydrogen-bond acceptors (Lipinski definition) is 3. The first-order valence-corrected chi connectivity index (χ1v) is 6.90. The average molecular weight is 290 g/mol. The second-order valence-electron chi connectivity index (χ2n) is 4.80. The fourth-order valence-corrected chi connectivity index (χ4v) is 2.01. The van der Waals surface area contributed by atoms with Crippen molar-refractivity contribution in [3.8, 4) is 17.2 Å². The van der Waals surface area contributed by atoms with Crippen molar-refractivity contribution in [2.75, 3.05) is 6.61 Å². The molecule has 0 fully saturated rings. The molecule has 0 saturated carbocycles. The van der Waals surface area contributed by atoms with Gasteiger partial charge in [-0.2, -0.15) is 0 Å². The van der Waals surface area contributed by atoms with E-state index in [0.717, 1.165) is 0 Å². The summed E-state index contributed by atoms with van der Waals surface area (Å²) >= 11 is 0. The number of rotatable bonds is 5. The van der Waals surface area contributed by atoms with Gasteiger partial charge in [0.05, 0.1) is 12.7 Å². The summed E-state index contributed by atoms with van der Waals surface area (Å²) in [5, 5.41) is 9.79. The Bertz CT molecular complexity index is 623. The van der Waals surface area contributed by atoms with Crippen LogP contribution in [-0.2, 0) is 0 Å². The highest BCUT2D eigenvalue weighted by Crippen LogP contribution is 2.36. The van der Waals surface area contributed by atoms with E-state index in [1.807, 2.05) is 19.1 Å². The second-order valence-corrected chi connectivity index (χ2v) is 4.80. The number of aryl methyl sites for hydroxylation is 1. The first-order chi connectivity index (χ1) is 10.0. The minimum Gasteiger partial charge on any atom is -0.490 e. The highest BCUT2D eigenvalue weighted by molar-refractivity contribution is 5.46. The van der Waals surface area contributed by atoms with Crippen molar-refractivity contribution in [2.24, 2.45) is 0 Å². The highest BCUT2D eigenvalue weighted by Gasteiger charge is 2.15. The van der Waals surface area contributed by atoms with E-state index in [2.05, 4.69) is 0 Å². The van der Waals surface area contributed by atoms with Gasteiger partial charge in [0.1, 0.15) is 11.6 Å². The largest absolute Gasteiger partial charge is 0.490 e. The molecule has 0 amide bonds. The Morgan fingerprint density at radius 1 is 1.14 bits per heavy atom. The average Bonchev–Trinajstić information content (AvgIpc) is 2.44.